The van der Waals surface area contributed by atoms with E-state index < -0.39 is 0 Å². The van der Waals surface area contributed by atoms with Crippen molar-refractivity contribution in [2.45, 2.75) is 44.3 Å². The fourth-order valence-corrected chi connectivity index (χ4v) is 3.12. The first-order valence-electron chi connectivity index (χ1n) is 6.24. The summed E-state index contributed by atoms with van der Waals surface area (Å²) in [4.78, 5) is 13.9. The van der Waals surface area contributed by atoms with Crippen LogP contribution in [0.2, 0.25) is 0 Å². The molecule has 1 aromatic rings. The van der Waals surface area contributed by atoms with Crippen molar-refractivity contribution in [3.05, 3.63) is 35.6 Å². The van der Waals surface area contributed by atoms with E-state index in [4.69, 9.17) is 0 Å². The first-order chi connectivity index (χ1) is 8.22. The molecule has 0 amide bonds. The first-order valence-corrected chi connectivity index (χ1v) is 6.24. The van der Waals surface area contributed by atoms with Crippen LogP contribution in [0, 0.1) is 5.82 Å². The maximum absolute atomic E-state index is 12.8. The minimum Gasteiger partial charge on any atom is -0.300 e. The Morgan fingerprint density at radius 2 is 1.71 bits per heavy atom. The Balaban J connectivity index is 1.74. The molecule has 0 radical (unpaired) electrons. The summed E-state index contributed by atoms with van der Waals surface area (Å²) in [6.45, 7) is 0.850. The quantitative estimate of drug-likeness (QED) is 0.782. The molecule has 2 nitrogen and oxygen atoms in total. The Kier molecular flexibility index (Phi) is 2.71. The van der Waals surface area contributed by atoms with Crippen LogP contribution in [0.1, 0.15) is 31.2 Å². The maximum atomic E-state index is 12.8. The Hall–Kier alpha value is -1.22. The second-order valence-corrected chi connectivity index (χ2v) is 5.13. The number of halogens is 1. The average Bonchev–Trinajstić information content (AvgIpc) is 2.56. The largest absolute Gasteiger partial charge is 0.300 e. The first kappa shape index (κ1) is 10.9. The van der Waals surface area contributed by atoms with Crippen LogP contribution in [0.15, 0.2) is 24.3 Å². The highest BCUT2D eigenvalue weighted by molar-refractivity contribution is 5.80. The summed E-state index contributed by atoms with van der Waals surface area (Å²) in [5, 5.41) is 0. The maximum Gasteiger partial charge on any atom is 0.136 e. The van der Waals surface area contributed by atoms with Gasteiger partial charge in [0.25, 0.3) is 0 Å². The smallest absolute Gasteiger partial charge is 0.136 e. The molecule has 3 heteroatoms. The molecule has 2 bridgehead atoms. The summed E-state index contributed by atoms with van der Waals surface area (Å²) >= 11 is 0. The third-order valence-electron chi connectivity index (χ3n) is 3.98. The van der Waals surface area contributed by atoms with Crippen molar-refractivity contribution in [1.29, 1.82) is 0 Å². The van der Waals surface area contributed by atoms with Crippen molar-refractivity contribution in [3.63, 3.8) is 0 Å². The van der Waals surface area contributed by atoms with E-state index in [1.54, 1.807) is 0 Å². The molecule has 2 heterocycles. The third kappa shape index (κ3) is 2.12. The second-order valence-electron chi connectivity index (χ2n) is 5.13. The van der Waals surface area contributed by atoms with Crippen molar-refractivity contribution >= 4 is 5.78 Å². The predicted molar refractivity (Wildman–Crippen MR) is 63.0 cm³/mol. The molecule has 2 saturated heterocycles. The number of carbonyl (C=O) groups is 1. The van der Waals surface area contributed by atoms with Crippen LogP contribution in [0.3, 0.4) is 0 Å². The fourth-order valence-electron chi connectivity index (χ4n) is 3.12. The summed E-state index contributed by atoms with van der Waals surface area (Å²) in [5.41, 5.74) is 1.14. The van der Waals surface area contributed by atoms with Gasteiger partial charge in [0, 0.05) is 31.5 Å². The zero-order chi connectivity index (χ0) is 11.8. The van der Waals surface area contributed by atoms with Gasteiger partial charge in [-0.1, -0.05) is 12.1 Å². The van der Waals surface area contributed by atoms with Crippen molar-refractivity contribution in [2.75, 3.05) is 0 Å². The molecule has 1 aromatic carbocycles. The molecule has 2 atom stereocenters. The molecule has 0 unspecified atom stereocenters. The molecule has 2 aliphatic heterocycles. The lowest BCUT2D eigenvalue weighted by Crippen LogP contribution is -2.42. The van der Waals surface area contributed by atoms with Gasteiger partial charge in [-0.2, -0.15) is 0 Å². The molecule has 0 spiro atoms. The zero-order valence-electron chi connectivity index (χ0n) is 9.73. The van der Waals surface area contributed by atoms with Crippen LogP contribution in [0.4, 0.5) is 4.39 Å². The lowest BCUT2D eigenvalue weighted by atomic mass is 10.0. The van der Waals surface area contributed by atoms with E-state index in [2.05, 4.69) is 4.90 Å². The van der Waals surface area contributed by atoms with Gasteiger partial charge in [-0.3, -0.25) is 9.69 Å². The van der Waals surface area contributed by atoms with Crippen molar-refractivity contribution in [3.8, 4) is 0 Å². The second kappa shape index (κ2) is 4.22. The van der Waals surface area contributed by atoms with Gasteiger partial charge >= 0.3 is 0 Å². The van der Waals surface area contributed by atoms with Gasteiger partial charge < -0.3 is 0 Å². The van der Waals surface area contributed by atoms with Gasteiger partial charge in [0.1, 0.15) is 11.6 Å². The number of benzene rings is 1. The fraction of sp³-hybridized carbons (Fsp3) is 0.500. The Morgan fingerprint density at radius 3 is 2.29 bits per heavy atom. The standard InChI is InChI=1S/C14H16FNO/c15-11-3-1-10(2-4-11)9-16-12-5-6-13(16)8-14(17)7-12/h1-4,12-13H,5-9H2/t12-,13+. The van der Waals surface area contributed by atoms with E-state index in [1.165, 1.54) is 12.1 Å². The van der Waals surface area contributed by atoms with Gasteiger partial charge in [0.15, 0.2) is 0 Å². The summed E-state index contributed by atoms with van der Waals surface area (Å²) in [7, 11) is 0. The predicted octanol–water partition coefficient (Wildman–Crippen LogP) is 2.52. The minimum atomic E-state index is -0.189. The number of nitrogens with zero attached hydrogens (tertiary/aromatic N) is 1. The molecular weight excluding hydrogens is 217 g/mol. The average molecular weight is 233 g/mol. The van der Waals surface area contributed by atoms with E-state index in [0.29, 0.717) is 30.7 Å². The van der Waals surface area contributed by atoms with Gasteiger partial charge in [0.2, 0.25) is 0 Å². The summed E-state index contributed by atoms with van der Waals surface area (Å²) in [6.07, 6.45) is 3.69. The Labute approximate surface area is 100 Å². The molecule has 3 rings (SSSR count). The number of carbonyl (C=O) groups excluding carboxylic acids is 1. The van der Waals surface area contributed by atoms with E-state index >= 15 is 0 Å². The van der Waals surface area contributed by atoms with E-state index in [1.807, 2.05) is 12.1 Å². The van der Waals surface area contributed by atoms with Gasteiger partial charge in [0.05, 0.1) is 0 Å². The van der Waals surface area contributed by atoms with Crippen molar-refractivity contribution < 1.29 is 9.18 Å². The molecule has 2 fully saturated rings. The lowest BCUT2D eigenvalue weighted by molar-refractivity contribution is -0.123. The Morgan fingerprint density at radius 1 is 1.12 bits per heavy atom. The normalized spacial score (nSPS) is 28.6. The van der Waals surface area contributed by atoms with Crippen LogP contribution in [-0.2, 0) is 11.3 Å². The minimum absolute atomic E-state index is 0.189. The SMILES string of the molecule is O=C1C[C@H]2CC[C@@H](C1)N2Cc1ccc(F)cc1. The highest BCUT2D eigenvalue weighted by Gasteiger charge is 2.39. The van der Waals surface area contributed by atoms with Crippen molar-refractivity contribution in [1.82, 2.24) is 4.90 Å². The summed E-state index contributed by atoms with van der Waals surface area (Å²) in [6, 6.07) is 7.53. The number of hydrogen-bond acceptors (Lipinski definition) is 2. The van der Waals surface area contributed by atoms with E-state index in [-0.39, 0.29) is 5.82 Å². The topological polar surface area (TPSA) is 20.3 Å². The van der Waals surface area contributed by atoms with Crippen LogP contribution in [0.25, 0.3) is 0 Å². The molecular formula is C14H16FNO. The van der Waals surface area contributed by atoms with Gasteiger partial charge in [-0.15, -0.1) is 0 Å². The zero-order valence-corrected chi connectivity index (χ0v) is 9.73. The summed E-state index contributed by atoms with van der Waals surface area (Å²) in [5.74, 6) is 0.221. The van der Waals surface area contributed by atoms with E-state index in [0.717, 1.165) is 24.9 Å². The highest BCUT2D eigenvalue weighted by atomic mass is 19.1. The highest BCUT2D eigenvalue weighted by Crippen LogP contribution is 2.34. The molecule has 0 aliphatic carbocycles. The number of piperidine rings is 1. The molecule has 0 N–H and O–H groups in total. The van der Waals surface area contributed by atoms with Crippen LogP contribution < -0.4 is 0 Å². The number of fused-ring (bicyclic) bond motifs is 2. The molecule has 90 valence electrons. The van der Waals surface area contributed by atoms with Gasteiger partial charge in [-0.25, -0.2) is 4.39 Å². The Bertz CT molecular complexity index is 412. The molecule has 2 aliphatic rings. The monoisotopic (exact) mass is 233 g/mol. The third-order valence-corrected chi connectivity index (χ3v) is 3.98. The molecule has 0 aromatic heterocycles. The number of rotatable bonds is 2. The van der Waals surface area contributed by atoms with Crippen LogP contribution in [0.5, 0.6) is 0 Å². The van der Waals surface area contributed by atoms with Crippen LogP contribution in [-0.4, -0.2) is 22.8 Å². The number of ketones is 1. The molecule has 0 saturated carbocycles. The van der Waals surface area contributed by atoms with E-state index in [9.17, 15) is 9.18 Å². The lowest BCUT2D eigenvalue weighted by Gasteiger charge is -2.33. The molecule has 17 heavy (non-hydrogen) atoms. The summed E-state index contributed by atoms with van der Waals surface area (Å²) < 4.78 is 12.8. The number of hydrogen-bond donors (Lipinski definition) is 0. The van der Waals surface area contributed by atoms with Crippen LogP contribution >= 0.6 is 0 Å². The number of Topliss-reactive ketones (excluding diaryl/α,β-unsaturated/α-hetero) is 1. The van der Waals surface area contributed by atoms with Gasteiger partial charge in [-0.05, 0) is 30.5 Å². The van der Waals surface area contributed by atoms with Crippen molar-refractivity contribution in [2.24, 2.45) is 0 Å².